The van der Waals surface area contributed by atoms with E-state index in [1.807, 2.05) is 78.9 Å². The van der Waals surface area contributed by atoms with E-state index in [1.165, 1.54) is 0 Å². The third kappa shape index (κ3) is 4.67. The van der Waals surface area contributed by atoms with Crippen molar-refractivity contribution in [3.63, 3.8) is 0 Å². The summed E-state index contributed by atoms with van der Waals surface area (Å²) in [4.78, 5) is 12.7. The first-order chi connectivity index (χ1) is 13.2. The van der Waals surface area contributed by atoms with E-state index in [0.717, 1.165) is 16.7 Å². The fourth-order valence-electron chi connectivity index (χ4n) is 3.04. The molecule has 0 saturated heterocycles. The van der Waals surface area contributed by atoms with Crippen LogP contribution in [0.3, 0.4) is 0 Å². The zero-order valence-corrected chi connectivity index (χ0v) is 15.5. The van der Waals surface area contributed by atoms with Gasteiger partial charge in [0.2, 0.25) is 5.91 Å². The summed E-state index contributed by atoms with van der Waals surface area (Å²) in [7, 11) is 3.18. The standard InChI is InChI=1S/C23H23NO3/c1-26-20-14-13-17(15-21(20)27-2)16-22(25)24-23(18-9-5-3-6-10-18)19-11-7-4-8-12-19/h3-15,23H,16H2,1-2H3,(H,24,25). The molecule has 3 rings (SSSR count). The number of carbonyl (C=O) groups excluding carboxylic acids is 1. The Labute approximate surface area is 159 Å². The number of rotatable bonds is 7. The van der Waals surface area contributed by atoms with E-state index in [0.29, 0.717) is 11.5 Å². The van der Waals surface area contributed by atoms with Gasteiger partial charge in [-0.25, -0.2) is 0 Å². The zero-order valence-electron chi connectivity index (χ0n) is 15.5. The molecule has 0 aliphatic heterocycles. The van der Waals surface area contributed by atoms with Gasteiger partial charge in [-0.3, -0.25) is 4.79 Å². The van der Waals surface area contributed by atoms with Crippen molar-refractivity contribution in [1.82, 2.24) is 5.32 Å². The molecule has 0 bridgehead atoms. The van der Waals surface area contributed by atoms with Crippen LogP contribution in [0.4, 0.5) is 0 Å². The third-order valence-corrected chi connectivity index (χ3v) is 4.38. The highest BCUT2D eigenvalue weighted by Crippen LogP contribution is 2.28. The van der Waals surface area contributed by atoms with Crippen molar-refractivity contribution < 1.29 is 14.3 Å². The third-order valence-electron chi connectivity index (χ3n) is 4.38. The molecule has 0 aliphatic carbocycles. The lowest BCUT2D eigenvalue weighted by Gasteiger charge is -2.20. The SMILES string of the molecule is COc1ccc(CC(=O)NC(c2ccccc2)c2ccccc2)cc1OC. The lowest BCUT2D eigenvalue weighted by molar-refractivity contribution is -0.120. The van der Waals surface area contributed by atoms with Gasteiger partial charge in [0.15, 0.2) is 11.5 Å². The number of nitrogens with one attached hydrogen (secondary N) is 1. The lowest BCUT2D eigenvalue weighted by Crippen LogP contribution is -2.30. The van der Waals surface area contributed by atoms with Gasteiger partial charge in [0.25, 0.3) is 0 Å². The number of ether oxygens (including phenoxy) is 2. The van der Waals surface area contributed by atoms with Crippen molar-refractivity contribution in [1.29, 1.82) is 0 Å². The van der Waals surface area contributed by atoms with Crippen LogP contribution in [0.5, 0.6) is 11.5 Å². The normalized spacial score (nSPS) is 10.5. The molecular formula is C23H23NO3. The van der Waals surface area contributed by atoms with Crippen LogP contribution in [0.1, 0.15) is 22.7 Å². The smallest absolute Gasteiger partial charge is 0.225 e. The van der Waals surface area contributed by atoms with Gasteiger partial charge in [0.1, 0.15) is 0 Å². The van der Waals surface area contributed by atoms with E-state index in [1.54, 1.807) is 14.2 Å². The molecule has 0 fully saturated rings. The Balaban J connectivity index is 1.79. The molecule has 27 heavy (non-hydrogen) atoms. The minimum absolute atomic E-state index is 0.0556. The minimum Gasteiger partial charge on any atom is -0.493 e. The molecule has 0 unspecified atom stereocenters. The van der Waals surface area contributed by atoms with Crippen LogP contribution < -0.4 is 14.8 Å². The lowest BCUT2D eigenvalue weighted by atomic mass is 9.98. The number of hydrogen-bond acceptors (Lipinski definition) is 3. The Morgan fingerprint density at radius 2 is 1.37 bits per heavy atom. The predicted molar refractivity (Wildman–Crippen MR) is 106 cm³/mol. The van der Waals surface area contributed by atoms with Gasteiger partial charge in [-0.2, -0.15) is 0 Å². The summed E-state index contributed by atoms with van der Waals surface area (Å²) in [6.07, 6.45) is 0.260. The van der Waals surface area contributed by atoms with Crippen molar-refractivity contribution in [2.45, 2.75) is 12.5 Å². The van der Waals surface area contributed by atoms with Crippen LogP contribution in [0.25, 0.3) is 0 Å². The summed E-state index contributed by atoms with van der Waals surface area (Å²) in [6.45, 7) is 0. The van der Waals surface area contributed by atoms with Crippen LogP contribution >= 0.6 is 0 Å². The van der Waals surface area contributed by atoms with Crippen LogP contribution in [-0.4, -0.2) is 20.1 Å². The maximum atomic E-state index is 12.7. The Morgan fingerprint density at radius 1 is 0.815 bits per heavy atom. The van der Waals surface area contributed by atoms with Gasteiger partial charge in [-0.05, 0) is 28.8 Å². The molecule has 0 heterocycles. The zero-order chi connectivity index (χ0) is 19.1. The van der Waals surface area contributed by atoms with Crippen LogP contribution in [0.2, 0.25) is 0 Å². The van der Waals surface area contributed by atoms with Crippen molar-refractivity contribution >= 4 is 5.91 Å². The molecule has 138 valence electrons. The van der Waals surface area contributed by atoms with E-state index >= 15 is 0 Å². The number of hydrogen-bond donors (Lipinski definition) is 1. The fourth-order valence-corrected chi connectivity index (χ4v) is 3.04. The van der Waals surface area contributed by atoms with Gasteiger partial charge in [-0.15, -0.1) is 0 Å². The van der Waals surface area contributed by atoms with Crippen molar-refractivity contribution in [3.8, 4) is 11.5 Å². The summed E-state index contributed by atoms with van der Waals surface area (Å²) < 4.78 is 10.6. The molecule has 0 radical (unpaired) electrons. The molecule has 0 saturated carbocycles. The molecule has 3 aromatic rings. The van der Waals surface area contributed by atoms with E-state index < -0.39 is 0 Å². The summed E-state index contributed by atoms with van der Waals surface area (Å²) in [5.41, 5.74) is 2.96. The number of methoxy groups -OCH3 is 2. The van der Waals surface area contributed by atoms with Gasteiger partial charge in [0.05, 0.1) is 26.7 Å². The fraction of sp³-hybridized carbons (Fsp3) is 0.174. The topological polar surface area (TPSA) is 47.6 Å². The molecule has 4 nitrogen and oxygen atoms in total. The Hall–Kier alpha value is -3.27. The highest BCUT2D eigenvalue weighted by Gasteiger charge is 2.17. The molecule has 0 aromatic heterocycles. The van der Waals surface area contributed by atoms with Gasteiger partial charge < -0.3 is 14.8 Å². The van der Waals surface area contributed by atoms with Gasteiger partial charge in [-0.1, -0.05) is 66.7 Å². The summed E-state index contributed by atoms with van der Waals surface area (Å²) in [5.74, 6) is 1.21. The average Bonchev–Trinajstić information content (AvgIpc) is 2.73. The van der Waals surface area contributed by atoms with Gasteiger partial charge in [0, 0.05) is 0 Å². The summed E-state index contributed by atoms with van der Waals surface area (Å²) >= 11 is 0. The van der Waals surface area contributed by atoms with Crippen molar-refractivity contribution in [2.24, 2.45) is 0 Å². The second kappa shape index (κ2) is 8.90. The highest BCUT2D eigenvalue weighted by atomic mass is 16.5. The molecule has 0 atom stereocenters. The summed E-state index contributed by atoms with van der Waals surface area (Å²) in [5, 5.41) is 3.15. The second-order valence-electron chi connectivity index (χ2n) is 6.19. The monoisotopic (exact) mass is 361 g/mol. The van der Waals surface area contributed by atoms with Crippen molar-refractivity contribution in [3.05, 3.63) is 95.6 Å². The minimum atomic E-state index is -0.194. The quantitative estimate of drug-likeness (QED) is 0.688. The number of amides is 1. The maximum Gasteiger partial charge on any atom is 0.225 e. The molecular weight excluding hydrogens is 338 g/mol. The van der Waals surface area contributed by atoms with E-state index in [9.17, 15) is 4.79 Å². The molecule has 1 amide bonds. The van der Waals surface area contributed by atoms with Crippen LogP contribution in [0.15, 0.2) is 78.9 Å². The van der Waals surface area contributed by atoms with E-state index in [2.05, 4.69) is 5.32 Å². The first-order valence-electron chi connectivity index (χ1n) is 8.81. The first kappa shape index (κ1) is 18.5. The maximum absolute atomic E-state index is 12.7. The molecule has 4 heteroatoms. The molecule has 3 aromatic carbocycles. The second-order valence-corrected chi connectivity index (χ2v) is 6.19. The Kier molecular flexibility index (Phi) is 6.10. The Morgan fingerprint density at radius 3 is 1.89 bits per heavy atom. The van der Waals surface area contributed by atoms with Crippen LogP contribution in [0, 0.1) is 0 Å². The molecule has 0 aliphatic rings. The molecule has 1 N–H and O–H groups in total. The highest BCUT2D eigenvalue weighted by molar-refractivity contribution is 5.79. The van der Waals surface area contributed by atoms with Crippen LogP contribution in [-0.2, 0) is 11.2 Å². The van der Waals surface area contributed by atoms with Gasteiger partial charge >= 0.3 is 0 Å². The predicted octanol–water partition coefficient (Wildman–Crippen LogP) is 4.15. The Bertz CT molecular complexity index is 839. The number of benzene rings is 3. The molecule has 0 spiro atoms. The first-order valence-corrected chi connectivity index (χ1v) is 8.81. The van der Waals surface area contributed by atoms with E-state index in [-0.39, 0.29) is 18.4 Å². The van der Waals surface area contributed by atoms with E-state index in [4.69, 9.17) is 9.47 Å². The average molecular weight is 361 g/mol. The number of carbonyl (C=O) groups is 1. The van der Waals surface area contributed by atoms with Crippen molar-refractivity contribution in [2.75, 3.05) is 14.2 Å². The summed E-state index contributed by atoms with van der Waals surface area (Å²) in [6, 6.07) is 25.3. The largest absolute Gasteiger partial charge is 0.493 e.